The number of carboxylic acid groups (broad SMARTS) is 1. The van der Waals surface area contributed by atoms with Crippen molar-refractivity contribution >= 4 is 5.97 Å². The topological polar surface area (TPSA) is 87.0 Å². The number of phenols is 2. The summed E-state index contributed by atoms with van der Waals surface area (Å²) in [5, 5.41) is 29.4. The summed E-state index contributed by atoms with van der Waals surface area (Å²) < 4.78 is 5.79. The molecule has 3 N–H and O–H groups in total. The number of unbranched alkanes of at least 4 members (excludes halogenated alkanes) is 4. The van der Waals surface area contributed by atoms with Crippen LogP contribution in [0.15, 0.2) is 0 Å². The number of aromatic hydroxyl groups is 2. The summed E-state index contributed by atoms with van der Waals surface area (Å²) in [5.74, 6) is -2.03. The third-order valence-corrected chi connectivity index (χ3v) is 4.67. The standard InChI is InChI=1S/C18H26O5/c1-3-4-5-6-7-8-12-9-13-11(2)16(19)15(18(21)22)17(20)14(13)10-23-12/h12,19-20H,3-10H2,1-2H3,(H,21,22)/t12-/m1/s1. The van der Waals surface area contributed by atoms with E-state index in [4.69, 9.17) is 9.84 Å². The summed E-state index contributed by atoms with van der Waals surface area (Å²) >= 11 is 0. The van der Waals surface area contributed by atoms with Gasteiger partial charge in [0.15, 0.2) is 0 Å². The Kier molecular flexibility index (Phi) is 5.88. The minimum atomic E-state index is -1.33. The lowest BCUT2D eigenvalue weighted by Crippen LogP contribution is -2.24. The molecule has 0 bridgehead atoms. The molecule has 0 aromatic heterocycles. The van der Waals surface area contributed by atoms with Crippen molar-refractivity contribution in [2.75, 3.05) is 0 Å². The number of rotatable bonds is 7. The SMILES string of the molecule is CCCCCCC[C@@H]1Cc2c(C)c(O)c(C(=O)O)c(O)c2CO1. The molecule has 5 nitrogen and oxygen atoms in total. The first kappa shape index (κ1) is 17.6. The van der Waals surface area contributed by atoms with Crippen LogP contribution in [-0.4, -0.2) is 27.4 Å². The van der Waals surface area contributed by atoms with Crippen molar-refractivity contribution in [2.24, 2.45) is 0 Å². The summed E-state index contributed by atoms with van der Waals surface area (Å²) in [6, 6.07) is 0. The molecule has 1 aliphatic heterocycles. The first-order valence-electron chi connectivity index (χ1n) is 8.38. The van der Waals surface area contributed by atoms with Crippen LogP contribution in [0.25, 0.3) is 0 Å². The predicted molar refractivity (Wildman–Crippen MR) is 87.1 cm³/mol. The summed E-state index contributed by atoms with van der Waals surface area (Å²) in [7, 11) is 0. The number of hydrogen-bond donors (Lipinski definition) is 3. The normalized spacial score (nSPS) is 17.0. The van der Waals surface area contributed by atoms with E-state index in [1.165, 1.54) is 25.7 Å². The summed E-state index contributed by atoms with van der Waals surface area (Å²) in [6.07, 6.45) is 7.63. The molecule has 23 heavy (non-hydrogen) atoms. The van der Waals surface area contributed by atoms with Crippen LogP contribution in [0.1, 0.15) is 72.5 Å². The lowest BCUT2D eigenvalue weighted by molar-refractivity contribution is 0.0200. The molecule has 5 heteroatoms. The fourth-order valence-electron chi connectivity index (χ4n) is 3.25. The molecule has 0 unspecified atom stereocenters. The van der Waals surface area contributed by atoms with Gasteiger partial charge in [-0.05, 0) is 30.9 Å². The first-order valence-corrected chi connectivity index (χ1v) is 8.38. The molecular weight excluding hydrogens is 296 g/mol. The van der Waals surface area contributed by atoms with Crippen LogP contribution < -0.4 is 0 Å². The zero-order chi connectivity index (χ0) is 17.0. The zero-order valence-electron chi connectivity index (χ0n) is 13.9. The van der Waals surface area contributed by atoms with Gasteiger partial charge >= 0.3 is 5.97 Å². The molecule has 0 saturated carbocycles. The first-order chi connectivity index (χ1) is 11.0. The van der Waals surface area contributed by atoms with Crippen molar-refractivity contribution in [2.45, 2.75) is 71.5 Å². The smallest absolute Gasteiger partial charge is 0.343 e. The Hall–Kier alpha value is -1.75. The molecule has 0 spiro atoms. The van der Waals surface area contributed by atoms with Gasteiger partial charge in [0.2, 0.25) is 0 Å². The molecule has 1 aromatic carbocycles. The Labute approximate surface area is 136 Å². The van der Waals surface area contributed by atoms with Crippen molar-refractivity contribution in [3.8, 4) is 11.5 Å². The predicted octanol–water partition coefficient (Wildman–Crippen LogP) is 3.91. The number of benzene rings is 1. The van der Waals surface area contributed by atoms with Crippen LogP contribution >= 0.6 is 0 Å². The Bertz CT molecular complexity index is 580. The molecule has 1 aromatic rings. The lowest BCUT2D eigenvalue weighted by atomic mass is 9.89. The van der Waals surface area contributed by atoms with Gasteiger partial charge in [0, 0.05) is 5.56 Å². The molecule has 2 rings (SSSR count). The largest absolute Gasteiger partial charge is 0.507 e. The van der Waals surface area contributed by atoms with E-state index in [9.17, 15) is 15.0 Å². The maximum Gasteiger partial charge on any atom is 0.343 e. The van der Waals surface area contributed by atoms with Crippen LogP contribution in [0.5, 0.6) is 11.5 Å². The van der Waals surface area contributed by atoms with Gasteiger partial charge in [0.25, 0.3) is 0 Å². The van der Waals surface area contributed by atoms with Gasteiger partial charge < -0.3 is 20.1 Å². The maximum atomic E-state index is 11.2. The average molecular weight is 322 g/mol. The number of carbonyl (C=O) groups is 1. The van der Waals surface area contributed by atoms with Gasteiger partial charge in [-0.2, -0.15) is 0 Å². The van der Waals surface area contributed by atoms with E-state index in [1.807, 2.05) is 0 Å². The summed E-state index contributed by atoms with van der Waals surface area (Å²) in [5.41, 5.74) is 1.44. The Morgan fingerprint density at radius 1 is 1.13 bits per heavy atom. The Morgan fingerprint density at radius 3 is 2.48 bits per heavy atom. The van der Waals surface area contributed by atoms with Crippen molar-refractivity contribution in [1.29, 1.82) is 0 Å². The second kappa shape index (κ2) is 7.68. The highest BCUT2D eigenvalue weighted by Crippen LogP contribution is 2.41. The van der Waals surface area contributed by atoms with Gasteiger partial charge in [-0.15, -0.1) is 0 Å². The molecule has 0 amide bonds. The van der Waals surface area contributed by atoms with Crippen molar-refractivity contribution < 1.29 is 24.9 Å². The molecule has 0 fully saturated rings. The number of carboxylic acids is 1. The molecule has 0 saturated heterocycles. The van der Waals surface area contributed by atoms with Crippen molar-refractivity contribution in [3.63, 3.8) is 0 Å². The minimum absolute atomic E-state index is 0.0669. The summed E-state index contributed by atoms with van der Waals surface area (Å²) in [6.45, 7) is 4.08. The van der Waals surface area contributed by atoms with E-state index >= 15 is 0 Å². The van der Waals surface area contributed by atoms with Gasteiger partial charge in [0.1, 0.15) is 17.1 Å². The number of fused-ring (bicyclic) bond motifs is 1. The second-order valence-electron chi connectivity index (χ2n) is 6.30. The fourth-order valence-corrected chi connectivity index (χ4v) is 3.25. The lowest BCUT2D eigenvalue weighted by Gasteiger charge is -2.28. The van der Waals surface area contributed by atoms with Gasteiger partial charge in [-0.25, -0.2) is 4.79 Å². The van der Waals surface area contributed by atoms with Crippen molar-refractivity contribution in [1.82, 2.24) is 0 Å². The molecule has 0 aliphatic carbocycles. The Morgan fingerprint density at radius 2 is 1.83 bits per heavy atom. The maximum absolute atomic E-state index is 11.2. The van der Waals surface area contributed by atoms with E-state index < -0.39 is 11.5 Å². The molecule has 1 heterocycles. The van der Waals surface area contributed by atoms with Crippen LogP contribution in [-0.2, 0) is 17.8 Å². The molecule has 1 aliphatic rings. The quantitative estimate of drug-likeness (QED) is 0.663. The van der Waals surface area contributed by atoms with E-state index in [0.717, 1.165) is 18.4 Å². The van der Waals surface area contributed by atoms with Crippen molar-refractivity contribution in [3.05, 3.63) is 22.3 Å². The highest BCUT2D eigenvalue weighted by Gasteiger charge is 2.30. The van der Waals surface area contributed by atoms with E-state index in [1.54, 1.807) is 6.92 Å². The highest BCUT2D eigenvalue weighted by atomic mass is 16.5. The van der Waals surface area contributed by atoms with E-state index in [-0.39, 0.29) is 24.2 Å². The van der Waals surface area contributed by atoms with Crippen LogP contribution in [0.3, 0.4) is 0 Å². The van der Waals surface area contributed by atoms with Crippen LogP contribution in [0.4, 0.5) is 0 Å². The van der Waals surface area contributed by atoms with E-state index in [2.05, 4.69) is 6.92 Å². The zero-order valence-corrected chi connectivity index (χ0v) is 13.9. The molecular formula is C18H26O5. The van der Waals surface area contributed by atoms with Crippen LogP contribution in [0, 0.1) is 6.92 Å². The second-order valence-corrected chi connectivity index (χ2v) is 6.30. The average Bonchev–Trinajstić information content (AvgIpc) is 2.52. The number of ether oxygens (including phenoxy) is 1. The minimum Gasteiger partial charge on any atom is -0.507 e. The van der Waals surface area contributed by atoms with Gasteiger partial charge in [-0.1, -0.05) is 39.0 Å². The van der Waals surface area contributed by atoms with Crippen LogP contribution in [0.2, 0.25) is 0 Å². The molecule has 128 valence electrons. The van der Waals surface area contributed by atoms with Gasteiger partial charge in [0.05, 0.1) is 12.7 Å². The number of hydrogen-bond acceptors (Lipinski definition) is 4. The third kappa shape index (κ3) is 3.78. The third-order valence-electron chi connectivity index (χ3n) is 4.67. The molecule has 1 atom stereocenters. The number of aromatic carboxylic acids is 1. The highest BCUT2D eigenvalue weighted by molar-refractivity contribution is 5.95. The fraction of sp³-hybridized carbons (Fsp3) is 0.611. The molecule has 0 radical (unpaired) electrons. The summed E-state index contributed by atoms with van der Waals surface area (Å²) in [4.78, 5) is 11.2. The monoisotopic (exact) mass is 322 g/mol. The van der Waals surface area contributed by atoms with Gasteiger partial charge in [-0.3, -0.25) is 0 Å². The Balaban J connectivity index is 2.11. The van der Waals surface area contributed by atoms with E-state index in [0.29, 0.717) is 17.5 Å².